The third kappa shape index (κ3) is 5.35. The minimum absolute atomic E-state index is 0.0713. The Morgan fingerprint density at radius 3 is 2.56 bits per heavy atom. The van der Waals surface area contributed by atoms with Gasteiger partial charge in [0.1, 0.15) is 5.78 Å². The normalized spacial score (nSPS) is 14.7. The van der Waals surface area contributed by atoms with Gasteiger partial charge in [-0.25, -0.2) is 0 Å². The number of H-pyrrole nitrogens is 1. The van der Waals surface area contributed by atoms with Crippen molar-refractivity contribution in [1.29, 1.82) is 0 Å². The Kier molecular flexibility index (Phi) is 7.06. The molecule has 3 atom stereocenters. The van der Waals surface area contributed by atoms with Gasteiger partial charge in [-0.3, -0.25) is 4.79 Å². The van der Waals surface area contributed by atoms with E-state index >= 15 is 0 Å². The van der Waals surface area contributed by atoms with Crippen LogP contribution in [0.4, 0.5) is 5.69 Å². The molecule has 2 rings (SSSR count). The molecule has 0 radical (unpaired) electrons. The van der Waals surface area contributed by atoms with Crippen molar-refractivity contribution in [2.24, 2.45) is 11.7 Å². The van der Waals surface area contributed by atoms with Crippen LogP contribution in [0.5, 0.6) is 0 Å². The number of hydrogen-bond acceptors (Lipinski definition) is 6. The summed E-state index contributed by atoms with van der Waals surface area (Å²) in [5.74, 6) is 0.606. The second-order valence-corrected chi connectivity index (χ2v) is 6.56. The first-order valence-corrected chi connectivity index (χ1v) is 8.84. The number of aromatic amines is 1. The van der Waals surface area contributed by atoms with Crippen molar-refractivity contribution in [1.82, 2.24) is 20.6 Å². The summed E-state index contributed by atoms with van der Waals surface area (Å²) in [6, 6.07) is 8.45. The average molecular weight is 344 g/mol. The van der Waals surface area contributed by atoms with Crippen LogP contribution in [0.1, 0.15) is 50.9 Å². The molecule has 7 heteroatoms. The topological polar surface area (TPSA) is 110 Å². The lowest BCUT2D eigenvalue weighted by Crippen LogP contribution is -2.25. The number of nitrogens with two attached hydrogens (primary N) is 1. The molecule has 0 aliphatic carbocycles. The maximum Gasteiger partial charge on any atom is 0.178 e. The molecular formula is C18H28N6O. The molecule has 0 aliphatic heterocycles. The van der Waals surface area contributed by atoms with Crippen LogP contribution in [0.3, 0.4) is 0 Å². The molecule has 0 spiro atoms. The maximum absolute atomic E-state index is 12.2. The summed E-state index contributed by atoms with van der Waals surface area (Å²) >= 11 is 0. The molecule has 0 saturated heterocycles. The number of nitrogens with zero attached hydrogens (tertiary/aromatic N) is 3. The number of aromatic nitrogens is 4. The number of nitrogens with one attached hydrogen (secondary N) is 2. The van der Waals surface area contributed by atoms with Gasteiger partial charge in [-0.1, -0.05) is 30.7 Å². The summed E-state index contributed by atoms with van der Waals surface area (Å²) in [5.41, 5.74) is 7.82. The van der Waals surface area contributed by atoms with Gasteiger partial charge in [0.05, 0.1) is 0 Å². The van der Waals surface area contributed by atoms with Gasteiger partial charge in [0.15, 0.2) is 5.82 Å². The number of benzene rings is 1. The van der Waals surface area contributed by atoms with E-state index in [9.17, 15) is 4.79 Å². The predicted molar refractivity (Wildman–Crippen MR) is 98.3 cm³/mol. The van der Waals surface area contributed by atoms with Crippen molar-refractivity contribution < 1.29 is 4.79 Å². The third-order valence-electron chi connectivity index (χ3n) is 4.48. The Labute approximate surface area is 148 Å². The second-order valence-electron chi connectivity index (χ2n) is 6.56. The van der Waals surface area contributed by atoms with Crippen LogP contribution < -0.4 is 11.1 Å². The standard InChI is InChI=1S/C18H28N6O/c1-4-5-16(13(3)25)17(18-21-23-24-22-18)10-14-6-8-15(9-7-14)20-12(2)11-19/h6-9,12,16-17,20H,4-5,10-11,19H2,1-3H3,(H,21,22,23,24)/t12?,16-,17+/m1/s1. The first kappa shape index (κ1) is 19.1. The SMILES string of the molecule is CCC[C@H](C(C)=O)[C@H](Cc1ccc(NC(C)CN)cc1)c1nn[nH]n1. The highest BCUT2D eigenvalue weighted by molar-refractivity contribution is 5.79. The maximum atomic E-state index is 12.2. The first-order valence-electron chi connectivity index (χ1n) is 8.84. The summed E-state index contributed by atoms with van der Waals surface area (Å²) in [4.78, 5) is 12.2. The van der Waals surface area contributed by atoms with E-state index in [0.717, 1.165) is 24.1 Å². The molecule has 136 valence electrons. The quantitative estimate of drug-likeness (QED) is 0.610. The number of carbonyl (C=O) groups excluding carboxylic acids is 1. The molecule has 1 aromatic carbocycles. The molecule has 0 fully saturated rings. The van der Waals surface area contributed by atoms with E-state index in [1.807, 2.05) is 19.1 Å². The fourth-order valence-electron chi connectivity index (χ4n) is 3.07. The van der Waals surface area contributed by atoms with Crippen LogP contribution in [-0.2, 0) is 11.2 Å². The Morgan fingerprint density at radius 2 is 2.04 bits per heavy atom. The number of Topliss-reactive ketones (excluding diaryl/α,β-unsaturated/α-hetero) is 1. The fraction of sp³-hybridized carbons (Fsp3) is 0.556. The van der Waals surface area contributed by atoms with Gasteiger partial charge in [-0.2, -0.15) is 5.21 Å². The van der Waals surface area contributed by atoms with Crippen LogP contribution in [0.2, 0.25) is 0 Å². The Hall–Kier alpha value is -2.28. The minimum atomic E-state index is -0.0994. The van der Waals surface area contributed by atoms with Crippen LogP contribution in [0.15, 0.2) is 24.3 Å². The zero-order chi connectivity index (χ0) is 18.2. The lowest BCUT2D eigenvalue weighted by atomic mass is 9.81. The molecule has 0 saturated carbocycles. The van der Waals surface area contributed by atoms with E-state index in [4.69, 9.17) is 5.73 Å². The summed E-state index contributed by atoms with van der Waals surface area (Å²) in [5, 5.41) is 17.8. The van der Waals surface area contributed by atoms with E-state index in [0.29, 0.717) is 18.8 Å². The van der Waals surface area contributed by atoms with Gasteiger partial charge in [-0.15, -0.1) is 10.2 Å². The predicted octanol–water partition coefficient (Wildman–Crippen LogP) is 2.29. The van der Waals surface area contributed by atoms with Gasteiger partial charge in [0, 0.05) is 30.1 Å². The number of ketones is 1. The van der Waals surface area contributed by atoms with Crippen molar-refractivity contribution in [3.05, 3.63) is 35.7 Å². The van der Waals surface area contributed by atoms with Gasteiger partial charge in [0.2, 0.25) is 0 Å². The molecule has 0 aliphatic rings. The van der Waals surface area contributed by atoms with Crippen molar-refractivity contribution in [3.8, 4) is 0 Å². The largest absolute Gasteiger partial charge is 0.381 e. The van der Waals surface area contributed by atoms with Crippen LogP contribution in [0.25, 0.3) is 0 Å². The van der Waals surface area contributed by atoms with Crippen molar-refractivity contribution in [3.63, 3.8) is 0 Å². The zero-order valence-electron chi connectivity index (χ0n) is 15.2. The summed E-state index contributed by atoms with van der Waals surface area (Å²) in [7, 11) is 0. The summed E-state index contributed by atoms with van der Waals surface area (Å²) < 4.78 is 0. The van der Waals surface area contributed by atoms with Gasteiger partial charge < -0.3 is 11.1 Å². The van der Waals surface area contributed by atoms with Crippen LogP contribution >= 0.6 is 0 Å². The average Bonchev–Trinajstić information content (AvgIpc) is 3.13. The second kappa shape index (κ2) is 9.27. The monoisotopic (exact) mass is 344 g/mol. The van der Waals surface area contributed by atoms with E-state index in [-0.39, 0.29) is 23.7 Å². The molecule has 1 heterocycles. The Balaban J connectivity index is 2.17. The number of hydrogen-bond donors (Lipinski definition) is 3. The van der Waals surface area contributed by atoms with E-state index in [1.165, 1.54) is 0 Å². The van der Waals surface area contributed by atoms with Crippen molar-refractivity contribution in [2.75, 3.05) is 11.9 Å². The lowest BCUT2D eigenvalue weighted by Gasteiger charge is -2.22. The van der Waals surface area contributed by atoms with Crippen LogP contribution in [-0.4, -0.2) is 39.0 Å². The molecular weight excluding hydrogens is 316 g/mol. The third-order valence-corrected chi connectivity index (χ3v) is 4.48. The van der Waals surface area contributed by atoms with E-state index in [2.05, 4.69) is 45.0 Å². The minimum Gasteiger partial charge on any atom is -0.381 e. The molecule has 1 unspecified atom stereocenters. The number of anilines is 1. The van der Waals surface area contributed by atoms with Gasteiger partial charge >= 0.3 is 0 Å². The first-order chi connectivity index (χ1) is 12.0. The highest BCUT2D eigenvalue weighted by atomic mass is 16.1. The van der Waals surface area contributed by atoms with Crippen molar-refractivity contribution in [2.45, 2.75) is 52.0 Å². The number of carbonyl (C=O) groups is 1. The van der Waals surface area contributed by atoms with E-state index < -0.39 is 0 Å². The highest BCUT2D eigenvalue weighted by Gasteiger charge is 2.29. The van der Waals surface area contributed by atoms with Gasteiger partial charge in [0.25, 0.3) is 0 Å². The smallest absolute Gasteiger partial charge is 0.178 e. The van der Waals surface area contributed by atoms with E-state index in [1.54, 1.807) is 6.92 Å². The Morgan fingerprint density at radius 1 is 1.32 bits per heavy atom. The van der Waals surface area contributed by atoms with Crippen LogP contribution in [0, 0.1) is 5.92 Å². The molecule has 7 nitrogen and oxygen atoms in total. The molecule has 0 amide bonds. The lowest BCUT2D eigenvalue weighted by molar-refractivity contribution is -0.121. The van der Waals surface area contributed by atoms with Gasteiger partial charge in [-0.05, 0) is 44.4 Å². The fourth-order valence-corrected chi connectivity index (χ4v) is 3.07. The Bertz CT molecular complexity index is 640. The molecule has 1 aromatic heterocycles. The summed E-state index contributed by atoms with van der Waals surface area (Å²) in [6.45, 7) is 6.36. The molecule has 25 heavy (non-hydrogen) atoms. The zero-order valence-corrected chi connectivity index (χ0v) is 15.2. The molecule has 2 aromatic rings. The highest BCUT2D eigenvalue weighted by Crippen LogP contribution is 2.30. The summed E-state index contributed by atoms with van der Waals surface area (Å²) in [6.07, 6.45) is 2.47. The van der Waals surface area contributed by atoms with Crippen molar-refractivity contribution >= 4 is 11.5 Å². The molecule has 0 bridgehead atoms. The number of tetrazole rings is 1. The number of rotatable bonds is 10. The molecule has 4 N–H and O–H groups in total.